The van der Waals surface area contributed by atoms with Crippen molar-refractivity contribution in [3.05, 3.63) is 92.4 Å². The topological polar surface area (TPSA) is 86.7 Å². The van der Waals surface area contributed by atoms with E-state index < -0.39 is 0 Å². The van der Waals surface area contributed by atoms with Gasteiger partial charge in [0.2, 0.25) is 4.96 Å². The smallest absolute Gasteiger partial charge is 0.338 e. The number of hydrogen-bond acceptors (Lipinski definition) is 7. The van der Waals surface area contributed by atoms with Crippen molar-refractivity contribution in [1.29, 1.82) is 0 Å². The summed E-state index contributed by atoms with van der Waals surface area (Å²) in [5.74, 6) is 1.35. The molecule has 0 spiro atoms. The first-order valence-corrected chi connectivity index (χ1v) is 11.2. The minimum Gasteiger partial charge on any atom is -0.462 e. The van der Waals surface area contributed by atoms with E-state index in [0.717, 1.165) is 16.7 Å². The number of furan rings is 1. The van der Waals surface area contributed by atoms with Gasteiger partial charge in [-0.25, -0.2) is 4.79 Å². The molecule has 0 radical (unpaired) electrons. The van der Waals surface area contributed by atoms with Gasteiger partial charge in [-0.3, -0.25) is 4.79 Å². The van der Waals surface area contributed by atoms with Crippen molar-refractivity contribution in [2.24, 2.45) is 0 Å². The quantitative estimate of drug-likeness (QED) is 0.369. The normalized spacial score (nSPS) is 11.9. The van der Waals surface area contributed by atoms with E-state index in [-0.39, 0.29) is 11.5 Å². The number of ether oxygens (including phenoxy) is 1. The Kier molecular flexibility index (Phi) is 5.35. The number of aryl methyl sites for hydroxylation is 1. The number of thiazole rings is 1. The van der Waals surface area contributed by atoms with Crippen LogP contribution in [0.2, 0.25) is 0 Å². The summed E-state index contributed by atoms with van der Waals surface area (Å²) < 4.78 is 12.7. The zero-order valence-corrected chi connectivity index (χ0v) is 18.8. The van der Waals surface area contributed by atoms with Gasteiger partial charge in [-0.2, -0.15) is 9.50 Å². The number of esters is 1. The van der Waals surface area contributed by atoms with Gasteiger partial charge in [0, 0.05) is 17.2 Å². The molecule has 0 amide bonds. The molecule has 5 aromatic rings. The van der Waals surface area contributed by atoms with E-state index in [0.29, 0.717) is 39.0 Å². The molecule has 0 saturated heterocycles. The monoisotopic (exact) mass is 457 g/mol. The lowest BCUT2D eigenvalue weighted by Gasteiger charge is -2.02. The molecule has 0 fully saturated rings. The van der Waals surface area contributed by atoms with E-state index in [1.54, 1.807) is 43.3 Å². The first-order valence-electron chi connectivity index (χ1n) is 10.4. The second-order valence-electron chi connectivity index (χ2n) is 7.36. The molecular weight excluding hydrogens is 438 g/mol. The SMILES string of the molecule is CCOC(=O)c1ccc(-c2ccc(C=c3sc4nc(-c5ccccc5C)nn4c3=O)o2)cc1. The van der Waals surface area contributed by atoms with E-state index in [9.17, 15) is 9.59 Å². The summed E-state index contributed by atoms with van der Waals surface area (Å²) in [4.78, 5) is 29.7. The second-order valence-corrected chi connectivity index (χ2v) is 8.37. The molecular formula is C25H19N3O4S. The van der Waals surface area contributed by atoms with E-state index in [4.69, 9.17) is 9.15 Å². The summed E-state index contributed by atoms with van der Waals surface area (Å²) in [7, 11) is 0. The summed E-state index contributed by atoms with van der Waals surface area (Å²) >= 11 is 1.26. The zero-order valence-electron chi connectivity index (χ0n) is 17.9. The molecule has 8 heteroatoms. The van der Waals surface area contributed by atoms with Crippen molar-refractivity contribution < 1.29 is 13.9 Å². The number of rotatable bonds is 5. The minimum atomic E-state index is -0.359. The summed E-state index contributed by atoms with van der Waals surface area (Å²) in [6.07, 6.45) is 1.69. The molecule has 0 N–H and O–H groups in total. The fraction of sp³-hybridized carbons (Fsp3) is 0.120. The van der Waals surface area contributed by atoms with Gasteiger partial charge >= 0.3 is 5.97 Å². The number of nitrogens with zero attached hydrogens (tertiary/aromatic N) is 3. The lowest BCUT2D eigenvalue weighted by Crippen LogP contribution is -2.23. The largest absolute Gasteiger partial charge is 0.462 e. The van der Waals surface area contributed by atoms with Crippen LogP contribution in [0.15, 0.2) is 69.9 Å². The fourth-order valence-electron chi connectivity index (χ4n) is 3.47. The molecule has 2 aromatic carbocycles. The van der Waals surface area contributed by atoms with Crippen LogP contribution < -0.4 is 10.1 Å². The van der Waals surface area contributed by atoms with Crippen LogP contribution in [0.1, 0.15) is 28.6 Å². The van der Waals surface area contributed by atoms with Crippen molar-refractivity contribution in [3.63, 3.8) is 0 Å². The van der Waals surface area contributed by atoms with Crippen molar-refractivity contribution in [2.75, 3.05) is 6.61 Å². The standard InChI is InChI=1S/C25H19N3O4S/c1-3-31-24(30)17-10-8-16(9-11-17)20-13-12-18(32-20)14-21-23(29)28-25(33-21)26-22(27-28)19-7-5-4-6-15(19)2/h4-14H,3H2,1-2H3. The predicted octanol–water partition coefficient (Wildman–Crippen LogP) is 4.11. The van der Waals surface area contributed by atoms with Crippen molar-refractivity contribution in [1.82, 2.24) is 14.6 Å². The molecule has 5 rings (SSSR count). The van der Waals surface area contributed by atoms with E-state index >= 15 is 0 Å². The highest BCUT2D eigenvalue weighted by atomic mass is 32.1. The molecule has 0 saturated carbocycles. The third-order valence-corrected chi connectivity index (χ3v) is 6.11. The lowest BCUT2D eigenvalue weighted by molar-refractivity contribution is 0.0526. The highest BCUT2D eigenvalue weighted by Crippen LogP contribution is 2.24. The molecule has 3 heterocycles. The van der Waals surface area contributed by atoms with Crippen LogP contribution in [0, 0.1) is 6.92 Å². The van der Waals surface area contributed by atoms with Gasteiger partial charge < -0.3 is 9.15 Å². The second kappa shape index (κ2) is 8.48. The van der Waals surface area contributed by atoms with Crippen LogP contribution in [0.3, 0.4) is 0 Å². The van der Waals surface area contributed by atoms with E-state index in [1.165, 1.54) is 15.9 Å². The molecule has 0 aliphatic heterocycles. The highest BCUT2D eigenvalue weighted by molar-refractivity contribution is 7.15. The van der Waals surface area contributed by atoms with Gasteiger partial charge in [0.05, 0.1) is 12.2 Å². The van der Waals surface area contributed by atoms with Gasteiger partial charge in [0.15, 0.2) is 5.82 Å². The maximum Gasteiger partial charge on any atom is 0.338 e. The van der Waals surface area contributed by atoms with Gasteiger partial charge in [0.1, 0.15) is 16.1 Å². The average molecular weight is 458 g/mol. The molecule has 3 aromatic heterocycles. The van der Waals surface area contributed by atoms with Gasteiger partial charge in [-0.05, 0) is 43.7 Å². The van der Waals surface area contributed by atoms with E-state index in [1.807, 2.05) is 37.3 Å². The Morgan fingerprint density at radius 3 is 2.64 bits per heavy atom. The Labute approximate surface area is 192 Å². The zero-order chi connectivity index (χ0) is 22.9. The summed E-state index contributed by atoms with van der Waals surface area (Å²) in [6, 6.07) is 18.4. The summed E-state index contributed by atoms with van der Waals surface area (Å²) in [5.41, 5.74) is 3.01. The number of hydrogen-bond donors (Lipinski definition) is 0. The maximum absolute atomic E-state index is 12.8. The lowest BCUT2D eigenvalue weighted by atomic mass is 10.1. The average Bonchev–Trinajstić information content (AvgIpc) is 3.52. The van der Waals surface area contributed by atoms with Crippen LogP contribution >= 0.6 is 11.3 Å². The maximum atomic E-state index is 12.8. The van der Waals surface area contributed by atoms with Gasteiger partial charge in [-0.15, -0.1) is 5.10 Å². The molecule has 0 aliphatic carbocycles. The van der Waals surface area contributed by atoms with Crippen LogP contribution in [-0.2, 0) is 4.74 Å². The number of benzene rings is 2. The summed E-state index contributed by atoms with van der Waals surface area (Å²) in [5, 5.41) is 4.41. The van der Waals surface area contributed by atoms with Crippen LogP contribution in [0.4, 0.5) is 0 Å². The fourth-order valence-corrected chi connectivity index (χ4v) is 4.36. The Bertz CT molecular complexity index is 1580. The number of aromatic nitrogens is 3. The first-order chi connectivity index (χ1) is 16.0. The molecule has 33 heavy (non-hydrogen) atoms. The molecule has 0 aliphatic rings. The van der Waals surface area contributed by atoms with Gasteiger partial charge in [-0.1, -0.05) is 47.7 Å². The van der Waals surface area contributed by atoms with Crippen LogP contribution in [0.25, 0.3) is 33.7 Å². The third-order valence-electron chi connectivity index (χ3n) is 5.15. The molecule has 0 bridgehead atoms. The van der Waals surface area contributed by atoms with Crippen molar-refractivity contribution >= 4 is 28.3 Å². The Hall–Kier alpha value is -4.04. The summed E-state index contributed by atoms with van der Waals surface area (Å²) in [6.45, 7) is 4.08. The Morgan fingerprint density at radius 2 is 1.91 bits per heavy atom. The van der Waals surface area contributed by atoms with E-state index in [2.05, 4.69) is 10.1 Å². The molecule has 0 atom stereocenters. The van der Waals surface area contributed by atoms with Crippen LogP contribution in [-0.4, -0.2) is 27.2 Å². The highest BCUT2D eigenvalue weighted by Gasteiger charge is 2.14. The number of carbonyl (C=O) groups excluding carboxylic acids is 1. The van der Waals surface area contributed by atoms with Crippen molar-refractivity contribution in [2.45, 2.75) is 13.8 Å². The molecule has 0 unspecified atom stereocenters. The predicted molar refractivity (Wildman–Crippen MR) is 126 cm³/mol. The number of fused-ring (bicyclic) bond motifs is 1. The molecule has 164 valence electrons. The number of carbonyl (C=O) groups is 1. The van der Waals surface area contributed by atoms with Crippen molar-refractivity contribution in [3.8, 4) is 22.7 Å². The Morgan fingerprint density at radius 1 is 1.12 bits per heavy atom. The molecule has 7 nitrogen and oxygen atoms in total. The van der Waals surface area contributed by atoms with Crippen LogP contribution in [0.5, 0.6) is 0 Å². The Balaban J connectivity index is 1.43. The minimum absolute atomic E-state index is 0.237. The third kappa shape index (κ3) is 3.96. The first kappa shape index (κ1) is 20.8. The van der Waals surface area contributed by atoms with Gasteiger partial charge in [0.25, 0.3) is 5.56 Å².